The van der Waals surface area contributed by atoms with Crippen molar-refractivity contribution in [3.8, 4) is 0 Å². The molecule has 0 aromatic heterocycles. The average Bonchev–Trinajstić information content (AvgIpc) is 2.24. The summed E-state index contributed by atoms with van der Waals surface area (Å²) in [7, 11) is 4.09. The number of carbonyl (C=O) groups is 1. The molecular formula is C14H23N3O2. The second kappa shape index (κ2) is 5.93. The van der Waals surface area contributed by atoms with Gasteiger partial charge >= 0.3 is 5.97 Å². The second-order valence-corrected chi connectivity index (χ2v) is 5.86. The molecule has 0 atom stereocenters. The van der Waals surface area contributed by atoms with E-state index in [4.69, 9.17) is 10.8 Å². The van der Waals surface area contributed by atoms with Crippen molar-refractivity contribution < 1.29 is 9.90 Å². The Morgan fingerprint density at radius 3 is 2.53 bits per heavy atom. The average molecular weight is 265 g/mol. The number of benzene rings is 1. The number of hydrogen-bond donors (Lipinski definition) is 3. The molecular weight excluding hydrogens is 242 g/mol. The summed E-state index contributed by atoms with van der Waals surface area (Å²) < 4.78 is 0. The minimum Gasteiger partial charge on any atom is -0.478 e. The quantitative estimate of drug-likeness (QED) is 0.685. The summed E-state index contributed by atoms with van der Waals surface area (Å²) >= 11 is 0. The van der Waals surface area contributed by atoms with Gasteiger partial charge in [-0.05, 0) is 37.7 Å². The fourth-order valence-corrected chi connectivity index (χ4v) is 2.12. The van der Waals surface area contributed by atoms with E-state index in [2.05, 4.69) is 24.1 Å². The van der Waals surface area contributed by atoms with E-state index in [1.54, 1.807) is 12.1 Å². The zero-order valence-corrected chi connectivity index (χ0v) is 12.0. The van der Waals surface area contributed by atoms with E-state index >= 15 is 0 Å². The van der Waals surface area contributed by atoms with Gasteiger partial charge in [-0.15, -0.1) is 0 Å². The molecule has 0 unspecified atom stereocenters. The van der Waals surface area contributed by atoms with Crippen molar-refractivity contribution in [3.05, 3.63) is 23.8 Å². The van der Waals surface area contributed by atoms with Crippen molar-refractivity contribution in [2.24, 2.45) is 5.41 Å². The van der Waals surface area contributed by atoms with Gasteiger partial charge in [0.2, 0.25) is 0 Å². The van der Waals surface area contributed by atoms with Crippen LogP contribution in [0.3, 0.4) is 0 Å². The van der Waals surface area contributed by atoms with Gasteiger partial charge in [0.05, 0.1) is 5.56 Å². The van der Waals surface area contributed by atoms with Gasteiger partial charge in [0.15, 0.2) is 0 Å². The Hall–Kier alpha value is -1.75. The van der Waals surface area contributed by atoms with Gasteiger partial charge < -0.3 is 21.1 Å². The molecule has 5 heteroatoms. The lowest BCUT2D eigenvalue weighted by atomic mass is 9.93. The van der Waals surface area contributed by atoms with Crippen LogP contribution in [0.1, 0.15) is 24.2 Å². The molecule has 19 heavy (non-hydrogen) atoms. The largest absolute Gasteiger partial charge is 0.478 e. The number of carboxylic acids is 1. The van der Waals surface area contributed by atoms with Crippen LogP contribution in [0.2, 0.25) is 0 Å². The molecule has 0 amide bonds. The molecule has 0 radical (unpaired) electrons. The summed E-state index contributed by atoms with van der Waals surface area (Å²) in [4.78, 5) is 13.0. The molecule has 0 aliphatic carbocycles. The van der Waals surface area contributed by atoms with Crippen LogP contribution < -0.4 is 11.1 Å². The highest BCUT2D eigenvalue weighted by Crippen LogP contribution is 2.21. The van der Waals surface area contributed by atoms with Crippen LogP contribution in [-0.2, 0) is 0 Å². The Balaban J connectivity index is 2.69. The van der Waals surface area contributed by atoms with Crippen LogP contribution in [0.15, 0.2) is 18.2 Å². The van der Waals surface area contributed by atoms with Crippen LogP contribution >= 0.6 is 0 Å². The topological polar surface area (TPSA) is 78.6 Å². The number of nitrogens with zero attached hydrogens (tertiary/aromatic N) is 1. The van der Waals surface area contributed by atoms with Crippen molar-refractivity contribution in [2.45, 2.75) is 13.8 Å². The number of anilines is 2. The Labute approximate surface area is 114 Å². The molecule has 1 aromatic rings. The summed E-state index contributed by atoms with van der Waals surface area (Å²) in [6.45, 7) is 6.10. The molecule has 106 valence electrons. The first-order chi connectivity index (χ1) is 8.71. The SMILES string of the molecule is CN(C)CC(C)(C)CNc1ccc(C(=O)O)c(N)c1. The Bertz CT molecular complexity index is 456. The molecule has 0 aliphatic heterocycles. The molecule has 4 N–H and O–H groups in total. The van der Waals surface area contributed by atoms with Crippen LogP contribution in [0.5, 0.6) is 0 Å². The number of nitrogen functional groups attached to an aromatic ring is 1. The zero-order chi connectivity index (χ0) is 14.6. The van der Waals surface area contributed by atoms with E-state index in [1.807, 2.05) is 14.1 Å². The number of nitrogens with two attached hydrogens (primary N) is 1. The predicted molar refractivity (Wildman–Crippen MR) is 78.6 cm³/mol. The smallest absolute Gasteiger partial charge is 0.337 e. The minimum absolute atomic E-state index is 0.115. The second-order valence-electron chi connectivity index (χ2n) is 5.86. The van der Waals surface area contributed by atoms with Gasteiger partial charge in [-0.1, -0.05) is 13.8 Å². The molecule has 0 saturated heterocycles. The van der Waals surface area contributed by atoms with Gasteiger partial charge in [0, 0.05) is 24.5 Å². The zero-order valence-electron chi connectivity index (χ0n) is 12.0. The highest BCUT2D eigenvalue weighted by molar-refractivity contribution is 5.94. The summed E-state index contributed by atoms with van der Waals surface area (Å²) in [5.74, 6) is -1.00. The van der Waals surface area contributed by atoms with Gasteiger partial charge in [-0.2, -0.15) is 0 Å². The fraction of sp³-hybridized carbons (Fsp3) is 0.500. The maximum Gasteiger partial charge on any atom is 0.337 e. The maximum atomic E-state index is 10.9. The lowest BCUT2D eigenvalue weighted by Crippen LogP contribution is -2.34. The van der Waals surface area contributed by atoms with E-state index in [0.29, 0.717) is 0 Å². The first kappa shape index (κ1) is 15.3. The molecule has 5 nitrogen and oxygen atoms in total. The van der Waals surface area contributed by atoms with Crippen molar-refractivity contribution in [3.63, 3.8) is 0 Å². The molecule has 0 aliphatic rings. The molecule has 0 bridgehead atoms. The van der Waals surface area contributed by atoms with E-state index in [-0.39, 0.29) is 16.7 Å². The van der Waals surface area contributed by atoms with Crippen molar-refractivity contribution in [2.75, 3.05) is 38.2 Å². The van der Waals surface area contributed by atoms with Crippen LogP contribution in [0.25, 0.3) is 0 Å². The van der Waals surface area contributed by atoms with Crippen molar-refractivity contribution in [1.82, 2.24) is 4.90 Å². The van der Waals surface area contributed by atoms with Crippen molar-refractivity contribution >= 4 is 17.3 Å². The van der Waals surface area contributed by atoms with Gasteiger partial charge in [-0.3, -0.25) is 0 Å². The standard InChI is InChI=1S/C14H23N3O2/c1-14(2,9-17(3)4)8-16-10-5-6-11(13(18)19)12(15)7-10/h5-7,16H,8-9,15H2,1-4H3,(H,18,19). The van der Waals surface area contributed by atoms with Crippen LogP contribution in [-0.4, -0.2) is 43.2 Å². The summed E-state index contributed by atoms with van der Waals surface area (Å²) in [6.07, 6.45) is 0. The lowest BCUT2D eigenvalue weighted by Gasteiger charge is -2.29. The first-order valence-electron chi connectivity index (χ1n) is 6.23. The highest BCUT2D eigenvalue weighted by Gasteiger charge is 2.18. The Morgan fingerprint density at radius 1 is 1.42 bits per heavy atom. The highest BCUT2D eigenvalue weighted by atomic mass is 16.4. The van der Waals surface area contributed by atoms with E-state index in [0.717, 1.165) is 18.8 Å². The third-order valence-corrected chi connectivity index (χ3v) is 2.80. The minimum atomic E-state index is -1.00. The van der Waals surface area contributed by atoms with E-state index < -0.39 is 5.97 Å². The molecule has 1 rings (SSSR count). The summed E-state index contributed by atoms with van der Waals surface area (Å²) in [5.41, 5.74) is 7.09. The van der Waals surface area contributed by atoms with Gasteiger partial charge in [0.1, 0.15) is 0 Å². The predicted octanol–water partition coefficient (Wildman–Crippen LogP) is 1.97. The van der Waals surface area contributed by atoms with Crippen LogP contribution in [0, 0.1) is 5.41 Å². The van der Waals surface area contributed by atoms with E-state index in [1.165, 1.54) is 6.07 Å². The molecule has 0 saturated carbocycles. The third-order valence-electron chi connectivity index (χ3n) is 2.80. The third kappa shape index (κ3) is 4.79. The Morgan fingerprint density at radius 2 is 2.05 bits per heavy atom. The van der Waals surface area contributed by atoms with Gasteiger partial charge in [0.25, 0.3) is 0 Å². The first-order valence-corrected chi connectivity index (χ1v) is 6.23. The van der Waals surface area contributed by atoms with E-state index in [9.17, 15) is 4.79 Å². The van der Waals surface area contributed by atoms with Crippen LogP contribution in [0.4, 0.5) is 11.4 Å². The van der Waals surface area contributed by atoms with Crippen molar-refractivity contribution in [1.29, 1.82) is 0 Å². The maximum absolute atomic E-state index is 10.9. The fourth-order valence-electron chi connectivity index (χ4n) is 2.12. The number of hydrogen-bond acceptors (Lipinski definition) is 4. The summed E-state index contributed by atoms with van der Waals surface area (Å²) in [6, 6.07) is 4.93. The molecule has 1 aromatic carbocycles. The Kier molecular flexibility index (Phi) is 4.78. The normalized spacial score (nSPS) is 11.6. The number of carboxylic acid groups (broad SMARTS) is 1. The summed E-state index contributed by atoms with van der Waals surface area (Å²) in [5, 5.41) is 12.2. The van der Waals surface area contributed by atoms with Gasteiger partial charge in [-0.25, -0.2) is 4.79 Å². The number of aromatic carboxylic acids is 1. The lowest BCUT2D eigenvalue weighted by molar-refractivity contribution is 0.0698. The number of rotatable bonds is 6. The number of nitrogens with one attached hydrogen (secondary N) is 1. The monoisotopic (exact) mass is 265 g/mol. The molecule has 0 heterocycles. The molecule has 0 fully saturated rings. The molecule has 0 spiro atoms.